The molecule has 0 saturated heterocycles. The number of esters is 1. The van der Waals surface area contributed by atoms with Crippen molar-refractivity contribution in [3.8, 4) is 22.8 Å². The molecule has 2 aromatic heterocycles. The molecule has 0 radical (unpaired) electrons. The number of anilines is 1. The lowest BCUT2D eigenvalue weighted by atomic mass is 10.1. The molecular weight excluding hydrogens is 482 g/mol. The van der Waals surface area contributed by atoms with Gasteiger partial charge in [-0.3, -0.25) is 14.0 Å². The van der Waals surface area contributed by atoms with Gasteiger partial charge < -0.3 is 19.5 Å². The normalized spacial score (nSPS) is 10.7. The lowest BCUT2D eigenvalue weighted by molar-refractivity contribution is 0.0601. The molecule has 0 bridgehead atoms. The van der Waals surface area contributed by atoms with E-state index >= 15 is 0 Å². The summed E-state index contributed by atoms with van der Waals surface area (Å²) in [6.07, 6.45) is 1.19. The number of aromatic nitrogens is 2. The molecule has 0 saturated carbocycles. The molecule has 2 aromatic carbocycles. The van der Waals surface area contributed by atoms with Crippen molar-refractivity contribution in [3.63, 3.8) is 0 Å². The number of amides is 1. The van der Waals surface area contributed by atoms with E-state index < -0.39 is 17.4 Å². The zero-order valence-corrected chi connectivity index (χ0v) is 19.8. The summed E-state index contributed by atoms with van der Waals surface area (Å²) in [5.41, 5.74) is 0.433. The highest BCUT2D eigenvalue weighted by Crippen LogP contribution is 2.34. The number of ether oxygens (including phenoxy) is 3. The van der Waals surface area contributed by atoms with Crippen LogP contribution < -0.4 is 20.3 Å². The Morgan fingerprint density at radius 2 is 1.76 bits per heavy atom. The van der Waals surface area contributed by atoms with E-state index in [1.807, 2.05) is 0 Å². The van der Waals surface area contributed by atoms with Crippen LogP contribution in [0.25, 0.3) is 16.2 Å². The Balaban J connectivity index is 1.80. The summed E-state index contributed by atoms with van der Waals surface area (Å²) in [7, 11) is 4.04. The number of thiazole rings is 1. The van der Waals surface area contributed by atoms with Gasteiger partial charge in [0.25, 0.3) is 11.5 Å². The first-order valence-electron chi connectivity index (χ1n) is 9.79. The molecule has 9 nitrogen and oxygen atoms in total. The second kappa shape index (κ2) is 9.54. The van der Waals surface area contributed by atoms with Crippen molar-refractivity contribution < 1.29 is 23.8 Å². The van der Waals surface area contributed by atoms with Crippen molar-refractivity contribution >= 4 is 45.5 Å². The van der Waals surface area contributed by atoms with Crippen molar-refractivity contribution in [2.45, 2.75) is 0 Å². The molecular formula is C23H18ClN3O6S. The number of carbonyl (C=O) groups excluding carboxylic acids is 2. The van der Waals surface area contributed by atoms with Crippen LogP contribution in [0.15, 0.2) is 52.8 Å². The molecule has 34 heavy (non-hydrogen) atoms. The molecule has 4 aromatic rings. The van der Waals surface area contributed by atoms with Gasteiger partial charge in [0.05, 0.1) is 38.3 Å². The van der Waals surface area contributed by atoms with Crippen molar-refractivity contribution in [1.82, 2.24) is 9.38 Å². The van der Waals surface area contributed by atoms with E-state index in [-0.39, 0.29) is 28.3 Å². The van der Waals surface area contributed by atoms with Crippen LogP contribution in [-0.4, -0.2) is 42.6 Å². The van der Waals surface area contributed by atoms with E-state index in [4.69, 9.17) is 25.8 Å². The zero-order valence-electron chi connectivity index (χ0n) is 18.2. The summed E-state index contributed by atoms with van der Waals surface area (Å²) in [5.74, 6) is -0.928. The largest absolute Gasteiger partial charge is 0.493 e. The van der Waals surface area contributed by atoms with Crippen LogP contribution in [0, 0.1) is 0 Å². The lowest BCUT2D eigenvalue weighted by Gasteiger charge is -2.14. The second-order valence-corrected chi connectivity index (χ2v) is 8.14. The highest BCUT2D eigenvalue weighted by molar-refractivity contribution is 7.15. The number of halogens is 1. The number of benzene rings is 2. The lowest BCUT2D eigenvalue weighted by Crippen LogP contribution is -2.27. The fraction of sp³-hybridized carbons (Fsp3) is 0.130. The van der Waals surface area contributed by atoms with Crippen LogP contribution in [0.5, 0.6) is 11.5 Å². The number of hydrogen-bond donors (Lipinski definition) is 1. The first-order chi connectivity index (χ1) is 16.4. The molecule has 2 heterocycles. The highest BCUT2D eigenvalue weighted by Gasteiger charge is 2.22. The highest BCUT2D eigenvalue weighted by atomic mass is 35.5. The Morgan fingerprint density at radius 1 is 1.06 bits per heavy atom. The summed E-state index contributed by atoms with van der Waals surface area (Å²) >= 11 is 7.56. The summed E-state index contributed by atoms with van der Waals surface area (Å²) in [4.78, 5) is 43.4. The fourth-order valence-corrected chi connectivity index (χ4v) is 4.44. The van der Waals surface area contributed by atoms with Gasteiger partial charge in [0, 0.05) is 34.3 Å². The third-order valence-corrected chi connectivity index (χ3v) is 6.19. The first kappa shape index (κ1) is 23.3. The standard InChI is InChI=1S/C23H18ClN3O6S/c1-31-18-8-13(22(30)33-3)16(9-19(18)32-2)26-20(28)14-10-25-23-27(21(14)29)17(11-34-23)12-6-4-5-7-15(12)24/h4-11H,1-3H3,(H,26,28). The predicted molar refractivity (Wildman–Crippen MR) is 129 cm³/mol. The Hall–Kier alpha value is -3.89. The number of fused-ring (bicyclic) bond motifs is 1. The minimum atomic E-state index is -0.763. The summed E-state index contributed by atoms with van der Waals surface area (Å²) in [6.45, 7) is 0. The molecule has 0 aliphatic heterocycles. The molecule has 1 N–H and O–H groups in total. The monoisotopic (exact) mass is 499 g/mol. The maximum atomic E-state index is 13.3. The third kappa shape index (κ3) is 4.09. The van der Waals surface area contributed by atoms with E-state index in [0.717, 1.165) is 0 Å². The van der Waals surface area contributed by atoms with Crippen LogP contribution in [0.3, 0.4) is 0 Å². The van der Waals surface area contributed by atoms with Gasteiger partial charge in [-0.05, 0) is 6.07 Å². The van der Waals surface area contributed by atoms with E-state index in [9.17, 15) is 14.4 Å². The molecule has 0 unspecified atom stereocenters. The van der Waals surface area contributed by atoms with E-state index in [1.54, 1.807) is 29.6 Å². The number of carbonyl (C=O) groups is 2. The van der Waals surface area contributed by atoms with E-state index in [2.05, 4.69) is 10.3 Å². The average Bonchev–Trinajstić information content (AvgIpc) is 3.28. The van der Waals surface area contributed by atoms with Gasteiger partial charge in [-0.1, -0.05) is 29.8 Å². The summed E-state index contributed by atoms with van der Waals surface area (Å²) in [6, 6.07) is 9.85. The summed E-state index contributed by atoms with van der Waals surface area (Å²) < 4.78 is 16.6. The van der Waals surface area contributed by atoms with Gasteiger partial charge in [0.2, 0.25) is 0 Å². The molecule has 0 spiro atoms. The number of methoxy groups -OCH3 is 3. The Kier molecular flexibility index (Phi) is 6.53. The SMILES string of the molecule is COC(=O)c1cc(OC)c(OC)cc1NC(=O)c1cnc2scc(-c3ccccc3Cl)n2c1=O. The predicted octanol–water partition coefficient (Wildman–Crippen LogP) is 4.13. The molecule has 0 aliphatic carbocycles. The Labute approximate surface area is 202 Å². The van der Waals surface area contributed by atoms with Gasteiger partial charge >= 0.3 is 5.97 Å². The van der Waals surface area contributed by atoms with Gasteiger partial charge in [-0.2, -0.15) is 0 Å². The van der Waals surface area contributed by atoms with Crippen LogP contribution in [0.2, 0.25) is 5.02 Å². The van der Waals surface area contributed by atoms with E-state index in [0.29, 0.717) is 21.2 Å². The Morgan fingerprint density at radius 3 is 2.44 bits per heavy atom. The summed E-state index contributed by atoms with van der Waals surface area (Å²) in [5, 5.41) is 4.79. The molecule has 0 fully saturated rings. The van der Waals surface area contributed by atoms with Crippen LogP contribution in [0.4, 0.5) is 5.69 Å². The number of hydrogen-bond acceptors (Lipinski definition) is 8. The molecule has 0 atom stereocenters. The van der Waals surface area contributed by atoms with Crippen LogP contribution >= 0.6 is 22.9 Å². The van der Waals surface area contributed by atoms with Gasteiger partial charge in [-0.25, -0.2) is 9.78 Å². The minimum absolute atomic E-state index is 0.0231. The van der Waals surface area contributed by atoms with E-state index in [1.165, 1.54) is 55.4 Å². The zero-order chi connectivity index (χ0) is 24.4. The third-order valence-electron chi connectivity index (χ3n) is 5.02. The molecule has 4 rings (SSSR count). The maximum absolute atomic E-state index is 13.3. The van der Waals surface area contributed by atoms with Crippen molar-refractivity contribution in [3.05, 3.63) is 74.5 Å². The van der Waals surface area contributed by atoms with Crippen LogP contribution in [0.1, 0.15) is 20.7 Å². The van der Waals surface area contributed by atoms with Gasteiger partial charge in [0.15, 0.2) is 16.5 Å². The molecule has 1 amide bonds. The second-order valence-electron chi connectivity index (χ2n) is 6.89. The maximum Gasteiger partial charge on any atom is 0.340 e. The van der Waals surface area contributed by atoms with Crippen LogP contribution in [-0.2, 0) is 4.74 Å². The van der Waals surface area contributed by atoms with Gasteiger partial charge in [-0.15, -0.1) is 11.3 Å². The number of rotatable bonds is 6. The Bertz CT molecular complexity index is 1480. The molecule has 11 heteroatoms. The minimum Gasteiger partial charge on any atom is -0.493 e. The number of nitrogens with zero attached hydrogens (tertiary/aromatic N) is 2. The topological polar surface area (TPSA) is 108 Å². The molecule has 0 aliphatic rings. The van der Waals surface area contributed by atoms with Crippen molar-refractivity contribution in [1.29, 1.82) is 0 Å². The molecule has 174 valence electrons. The smallest absolute Gasteiger partial charge is 0.340 e. The first-order valence-corrected chi connectivity index (χ1v) is 11.0. The van der Waals surface area contributed by atoms with Crippen molar-refractivity contribution in [2.75, 3.05) is 26.6 Å². The fourth-order valence-electron chi connectivity index (χ4n) is 3.36. The average molecular weight is 500 g/mol. The number of nitrogens with one attached hydrogen (secondary N) is 1. The van der Waals surface area contributed by atoms with Crippen molar-refractivity contribution in [2.24, 2.45) is 0 Å². The van der Waals surface area contributed by atoms with Gasteiger partial charge in [0.1, 0.15) is 5.56 Å². The quantitative estimate of drug-likeness (QED) is 0.397.